The third-order valence-corrected chi connectivity index (χ3v) is 5.27. The van der Waals surface area contributed by atoms with Crippen molar-refractivity contribution in [1.29, 1.82) is 0 Å². The van der Waals surface area contributed by atoms with Crippen molar-refractivity contribution in [3.63, 3.8) is 0 Å². The Hall–Kier alpha value is -3.65. The van der Waals surface area contributed by atoms with E-state index < -0.39 is 17.9 Å². The standard InChI is InChI=1S/C22H20N2O5S/c1-28-20(25)13-18(19-3-2-12-30-19)24-22(27)15-6-10-17(11-7-15)29-16-8-4-14(5-9-16)21(23)26/h2-12,18H,13H2,1H3,(H2,23,26)(H,24,27). The predicted octanol–water partition coefficient (Wildman–Crippen LogP) is 3.67. The Morgan fingerprint density at radius 1 is 0.967 bits per heavy atom. The quantitative estimate of drug-likeness (QED) is 0.537. The molecule has 30 heavy (non-hydrogen) atoms. The highest BCUT2D eigenvalue weighted by atomic mass is 32.1. The number of amides is 2. The molecule has 154 valence electrons. The molecule has 8 heteroatoms. The van der Waals surface area contributed by atoms with E-state index in [-0.39, 0.29) is 12.3 Å². The summed E-state index contributed by atoms with van der Waals surface area (Å²) in [5.74, 6) is -0.157. The van der Waals surface area contributed by atoms with E-state index in [2.05, 4.69) is 5.32 Å². The summed E-state index contributed by atoms with van der Waals surface area (Å²) in [4.78, 5) is 36.3. The van der Waals surface area contributed by atoms with E-state index in [9.17, 15) is 14.4 Å². The molecule has 0 aliphatic heterocycles. The lowest BCUT2D eigenvalue weighted by Gasteiger charge is -2.16. The zero-order chi connectivity index (χ0) is 21.5. The number of rotatable bonds is 8. The van der Waals surface area contributed by atoms with E-state index in [1.807, 2.05) is 17.5 Å². The van der Waals surface area contributed by atoms with E-state index in [1.54, 1.807) is 48.5 Å². The maximum absolute atomic E-state index is 12.6. The molecule has 0 spiro atoms. The summed E-state index contributed by atoms with van der Waals surface area (Å²) < 4.78 is 10.4. The molecule has 1 aromatic heterocycles. The van der Waals surface area contributed by atoms with Crippen molar-refractivity contribution < 1.29 is 23.9 Å². The Balaban J connectivity index is 1.66. The number of methoxy groups -OCH3 is 1. The molecule has 2 amide bonds. The Bertz CT molecular complexity index is 1010. The van der Waals surface area contributed by atoms with Gasteiger partial charge in [-0.3, -0.25) is 14.4 Å². The largest absolute Gasteiger partial charge is 0.469 e. The Morgan fingerprint density at radius 2 is 1.57 bits per heavy atom. The number of carbonyl (C=O) groups excluding carboxylic acids is 3. The number of carbonyl (C=O) groups is 3. The highest BCUT2D eigenvalue weighted by Crippen LogP contribution is 2.25. The van der Waals surface area contributed by atoms with Gasteiger partial charge in [0, 0.05) is 16.0 Å². The maximum atomic E-state index is 12.6. The van der Waals surface area contributed by atoms with Crippen molar-refractivity contribution in [2.45, 2.75) is 12.5 Å². The van der Waals surface area contributed by atoms with Crippen LogP contribution in [0.3, 0.4) is 0 Å². The van der Waals surface area contributed by atoms with Crippen LogP contribution in [0, 0.1) is 0 Å². The van der Waals surface area contributed by atoms with Crippen molar-refractivity contribution in [3.8, 4) is 11.5 Å². The molecular weight excluding hydrogens is 404 g/mol. The van der Waals surface area contributed by atoms with Crippen LogP contribution in [0.1, 0.15) is 38.1 Å². The number of nitrogens with two attached hydrogens (primary N) is 1. The second-order valence-corrected chi connectivity index (χ2v) is 7.32. The van der Waals surface area contributed by atoms with E-state index in [4.69, 9.17) is 15.2 Å². The second kappa shape index (κ2) is 9.71. The summed E-state index contributed by atoms with van der Waals surface area (Å²) in [6.07, 6.45) is 0.0469. The average Bonchev–Trinajstić information content (AvgIpc) is 3.29. The number of primary amides is 1. The van der Waals surface area contributed by atoms with Crippen LogP contribution in [0.5, 0.6) is 11.5 Å². The first-order valence-electron chi connectivity index (χ1n) is 9.05. The number of thiophene rings is 1. The molecule has 0 aliphatic carbocycles. The Labute approximate surface area is 177 Å². The third kappa shape index (κ3) is 5.45. The normalized spacial score (nSPS) is 11.4. The number of esters is 1. The van der Waals surface area contributed by atoms with Gasteiger partial charge in [0.05, 0.1) is 19.6 Å². The lowest BCUT2D eigenvalue weighted by Crippen LogP contribution is -2.30. The summed E-state index contributed by atoms with van der Waals surface area (Å²) in [6, 6.07) is 16.3. The van der Waals surface area contributed by atoms with Gasteiger partial charge >= 0.3 is 5.97 Å². The van der Waals surface area contributed by atoms with Crippen molar-refractivity contribution >= 4 is 29.1 Å². The minimum Gasteiger partial charge on any atom is -0.469 e. The summed E-state index contributed by atoms with van der Waals surface area (Å²) in [5, 5.41) is 4.76. The number of benzene rings is 2. The van der Waals surface area contributed by atoms with Crippen molar-refractivity contribution in [2.75, 3.05) is 7.11 Å². The van der Waals surface area contributed by atoms with E-state index in [0.29, 0.717) is 22.6 Å². The van der Waals surface area contributed by atoms with Crippen molar-refractivity contribution in [1.82, 2.24) is 5.32 Å². The molecule has 7 nitrogen and oxygen atoms in total. The lowest BCUT2D eigenvalue weighted by atomic mass is 10.1. The monoisotopic (exact) mass is 424 g/mol. The van der Waals surface area contributed by atoms with Gasteiger partial charge in [-0.15, -0.1) is 11.3 Å². The summed E-state index contributed by atoms with van der Waals surface area (Å²) in [7, 11) is 1.32. The minimum absolute atomic E-state index is 0.0469. The molecular formula is C22H20N2O5S. The third-order valence-electron chi connectivity index (χ3n) is 4.28. The van der Waals surface area contributed by atoms with Crippen LogP contribution < -0.4 is 15.8 Å². The predicted molar refractivity (Wildman–Crippen MR) is 113 cm³/mol. The fourth-order valence-corrected chi connectivity index (χ4v) is 3.48. The maximum Gasteiger partial charge on any atom is 0.307 e. The Kier molecular flexibility index (Phi) is 6.82. The van der Waals surface area contributed by atoms with E-state index >= 15 is 0 Å². The first-order chi connectivity index (χ1) is 14.5. The van der Waals surface area contributed by atoms with Gasteiger partial charge in [0.25, 0.3) is 5.91 Å². The molecule has 0 radical (unpaired) electrons. The van der Waals surface area contributed by atoms with Crippen LogP contribution >= 0.6 is 11.3 Å². The molecule has 1 unspecified atom stereocenters. The van der Waals surface area contributed by atoms with Crippen LogP contribution in [0.15, 0.2) is 66.0 Å². The van der Waals surface area contributed by atoms with Crippen LogP contribution in [-0.2, 0) is 9.53 Å². The number of nitrogens with one attached hydrogen (secondary N) is 1. The van der Waals surface area contributed by atoms with Crippen LogP contribution in [0.4, 0.5) is 0 Å². The van der Waals surface area contributed by atoms with Crippen LogP contribution in [0.2, 0.25) is 0 Å². The highest BCUT2D eigenvalue weighted by Gasteiger charge is 2.20. The molecule has 3 rings (SSSR count). The van der Waals surface area contributed by atoms with Crippen molar-refractivity contribution in [2.24, 2.45) is 5.73 Å². The highest BCUT2D eigenvalue weighted by molar-refractivity contribution is 7.10. The fourth-order valence-electron chi connectivity index (χ4n) is 2.70. The fraction of sp³-hybridized carbons (Fsp3) is 0.136. The van der Waals surface area contributed by atoms with Gasteiger partial charge in [0.15, 0.2) is 0 Å². The minimum atomic E-state index is -0.509. The molecule has 0 aliphatic rings. The molecule has 0 saturated carbocycles. The first-order valence-corrected chi connectivity index (χ1v) is 9.93. The molecule has 0 bridgehead atoms. The van der Waals surface area contributed by atoms with E-state index in [0.717, 1.165) is 4.88 Å². The average molecular weight is 424 g/mol. The molecule has 0 fully saturated rings. The summed E-state index contributed by atoms with van der Waals surface area (Å²) >= 11 is 1.46. The molecule has 3 aromatic rings. The first kappa shape index (κ1) is 21.1. The van der Waals surface area contributed by atoms with Gasteiger partial charge in [-0.2, -0.15) is 0 Å². The topological polar surface area (TPSA) is 108 Å². The van der Waals surface area contributed by atoms with Gasteiger partial charge in [0.2, 0.25) is 5.91 Å². The van der Waals surface area contributed by atoms with Gasteiger partial charge < -0.3 is 20.5 Å². The van der Waals surface area contributed by atoms with Gasteiger partial charge in [-0.25, -0.2) is 0 Å². The summed E-state index contributed by atoms with van der Waals surface area (Å²) in [5.41, 5.74) is 6.04. The smallest absolute Gasteiger partial charge is 0.307 e. The van der Waals surface area contributed by atoms with Gasteiger partial charge in [-0.05, 0) is 60.0 Å². The zero-order valence-electron chi connectivity index (χ0n) is 16.2. The molecule has 1 heterocycles. The summed E-state index contributed by atoms with van der Waals surface area (Å²) in [6.45, 7) is 0. The van der Waals surface area contributed by atoms with Crippen LogP contribution in [0.25, 0.3) is 0 Å². The SMILES string of the molecule is COC(=O)CC(NC(=O)c1ccc(Oc2ccc(C(N)=O)cc2)cc1)c1cccs1. The second-order valence-electron chi connectivity index (χ2n) is 6.34. The molecule has 3 N–H and O–H groups in total. The molecule has 1 atom stereocenters. The van der Waals surface area contributed by atoms with E-state index in [1.165, 1.54) is 18.4 Å². The number of hydrogen-bond donors (Lipinski definition) is 2. The van der Waals surface area contributed by atoms with Gasteiger partial charge in [0.1, 0.15) is 11.5 Å². The van der Waals surface area contributed by atoms with Crippen LogP contribution in [-0.4, -0.2) is 24.9 Å². The number of hydrogen-bond acceptors (Lipinski definition) is 6. The molecule has 0 saturated heterocycles. The van der Waals surface area contributed by atoms with Gasteiger partial charge in [-0.1, -0.05) is 6.07 Å². The number of ether oxygens (including phenoxy) is 2. The molecule has 2 aromatic carbocycles. The van der Waals surface area contributed by atoms with Crippen molar-refractivity contribution in [3.05, 3.63) is 82.0 Å². The lowest BCUT2D eigenvalue weighted by molar-refractivity contribution is -0.141. The zero-order valence-corrected chi connectivity index (χ0v) is 17.0. The Morgan fingerprint density at radius 3 is 2.07 bits per heavy atom.